The molecule has 2 aromatic carbocycles. The summed E-state index contributed by atoms with van der Waals surface area (Å²) in [4.78, 5) is 28.3. The quantitative estimate of drug-likeness (QED) is 0.395. The topological polar surface area (TPSA) is 120 Å². The van der Waals surface area contributed by atoms with Crippen LogP contribution in [0.5, 0.6) is 0 Å². The lowest BCUT2D eigenvalue weighted by Gasteiger charge is -2.24. The molecule has 0 heterocycles. The molecule has 0 saturated heterocycles. The maximum Gasteiger partial charge on any atom is 0.306 e. The molecular formula is C22H26N4O3. The van der Waals surface area contributed by atoms with Crippen molar-refractivity contribution in [2.45, 2.75) is 32.6 Å². The SMILES string of the molecule is CCOC(=O)CC1CCc2ccc(NC(=O)c3ccc(N=C(N)N)cc3)cc2C1. The zero-order valence-electron chi connectivity index (χ0n) is 16.5. The van der Waals surface area contributed by atoms with Crippen LogP contribution in [0.25, 0.3) is 0 Å². The maximum atomic E-state index is 12.5. The van der Waals surface area contributed by atoms with E-state index in [1.807, 2.05) is 25.1 Å². The molecule has 1 unspecified atom stereocenters. The molecule has 0 saturated carbocycles. The van der Waals surface area contributed by atoms with Gasteiger partial charge < -0.3 is 21.5 Å². The van der Waals surface area contributed by atoms with Crippen molar-refractivity contribution in [2.75, 3.05) is 11.9 Å². The lowest BCUT2D eigenvalue weighted by atomic mass is 9.82. The number of ether oxygens (including phenoxy) is 1. The Morgan fingerprint density at radius 2 is 1.90 bits per heavy atom. The first-order valence-electron chi connectivity index (χ1n) is 9.73. The Labute approximate surface area is 170 Å². The van der Waals surface area contributed by atoms with Crippen molar-refractivity contribution in [3.05, 3.63) is 59.2 Å². The highest BCUT2D eigenvalue weighted by Gasteiger charge is 2.22. The summed E-state index contributed by atoms with van der Waals surface area (Å²) >= 11 is 0. The molecule has 29 heavy (non-hydrogen) atoms. The van der Waals surface area contributed by atoms with Gasteiger partial charge in [0.1, 0.15) is 0 Å². The smallest absolute Gasteiger partial charge is 0.306 e. The van der Waals surface area contributed by atoms with Crippen molar-refractivity contribution < 1.29 is 14.3 Å². The number of guanidine groups is 1. The van der Waals surface area contributed by atoms with Gasteiger partial charge in [0.15, 0.2) is 5.96 Å². The van der Waals surface area contributed by atoms with Crippen LogP contribution in [0, 0.1) is 5.92 Å². The van der Waals surface area contributed by atoms with Gasteiger partial charge in [-0.25, -0.2) is 4.99 Å². The second-order valence-electron chi connectivity index (χ2n) is 7.14. The second kappa shape index (κ2) is 9.23. The van der Waals surface area contributed by atoms with Gasteiger partial charge in [-0.3, -0.25) is 9.59 Å². The largest absolute Gasteiger partial charge is 0.466 e. The van der Waals surface area contributed by atoms with Gasteiger partial charge in [-0.2, -0.15) is 0 Å². The van der Waals surface area contributed by atoms with E-state index in [0.29, 0.717) is 24.3 Å². The minimum Gasteiger partial charge on any atom is -0.466 e. The van der Waals surface area contributed by atoms with Crippen molar-refractivity contribution in [1.82, 2.24) is 0 Å². The van der Waals surface area contributed by atoms with E-state index in [1.54, 1.807) is 24.3 Å². The van der Waals surface area contributed by atoms with Crippen LogP contribution >= 0.6 is 0 Å². The molecule has 0 aromatic heterocycles. The van der Waals surface area contributed by atoms with Crippen molar-refractivity contribution in [1.29, 1.82) is 0 Å². The van der Waals surface area contributed by atoms with Gasteiger partial charge in [0, 0.05) is 17.7 Å². The van der Waals surface area contributed by atoms with Gasteiger partial charge in [-0.1, -0.05) is 6.07 Å². The number of esters is 1. The van der Waals surface area contributed by atoms with Gasteiger partial charge in [0.05, 0.1) is 12.3 Å². The molecule has 7 nitrogen and oxygen atoms in total. The predicted molar refractivity (Wildman–Crippen MR) is 113 cm³/mol. The van der Waals surface area contributed by atoms with Crippen LogP contribution in [0.3, 0.4) is 0 Å². The fourth-order valence-corrected chi connectivity index (χ4v) is 3.58. The minimum absolute atomic E-state index is 0.0301. The Balaban J connectivity index is 1.66. The van der Waals surface area contributed by atoms with E-state index in [1.165, 1.54) is 11.1 Å². The standard InChI is InChI=1S/C22H26N4O3/c1-2-29-20(27)12-14-3-4-15-5-10-19(13-17(15)11-14)25-21(28)16-6-8-18(9-7-16)26-22(23)24/h5-10,13-14H,2-4,11-12H2,1H3,(H,25,28)(H4,23,24,26). The molecule has 0 radical (unpaired) electrons. The van der Waals surface area contributed by atoms with Crippen molar-refractivity contribution >= 4 is 29.2 Å². The van der Waals surface area contributed by atoms with Crippen LogP contribution in [0.4, 0.5) is 11.4 Å². The zero-order valence-corrected chi connectivity index (χ0v) is 16.5. The van der Waals surface area contributed by atoms with E-state index in [9.17, 15) is 9.59 Å². The van der Waals surface area contributed by atoms with E-state index in [-0.39, 0.29) is 23.8 Å². The third-order valence-corrected chi connectivity index (χ3v) is 4.94. The fraction of sp³-hybridized carbons (Fsp3) is 0.318. The molecule has 3 rings (SSSR count). The molecular weight excluding hydrogens is 368 g/mol. The predicted octanol–water partition coefficient (Wildman–Crippen LogP) is 2.90. The van der Waals surface area contributed by atoms with Crippen molar-refractivity contribution in [3.63, 3.8) is 0 Å². The van der Waals surface area contributed by atoms with Gasteiger partial charge in [0.25, 0.3) is 5.91 Å². The van der Waals surface area contributed by atoms with Gasteiger partial charge in [-0.15, -0.1) is 0 Å². The summed E-state index contributed by atoms with van der Waals surface area (Å²) < 4.78 is 5.07. The average Bonchev–Trinajstić information content (AvgIpc) is 2.68. The van der Waals surface area contributed by atoms with Crippen LogP contribution in [-0.4, -0.2) is 24.4 Å². The monoisotopic (exact) mass is 394 g/mol. The summed E-state index contributed by atoms with van der Waals surface area (Å²) in [5.41, 5.74) is 15.0. The average molecular weight is 394 g/mol. The third kappa shape index (κ3) is 5.57. The molecule has 0 fully saturated rings. The van der Waals surface area contributed by atoms with E-state index in [2.05, 4.69) is 10.3 Å². The molecule has 2 aromatic rings. The van der Waals surface area contributed by atoms with E-state index in [0.717, 1.165) is 24.9 Å². The maximum absolute atomic E-state index is 12.5. The van der Waals surface area contributed by atoms with Gasteiger partial charge >= 0.3 is 5.97 Å². The van der Waals surface area contributed by atoms with Crippen LogP contribution in [0.15, 0.2) is 47.5 Å². The number of hydrogen-bond donors (Lipinski definition) is 3. The number of rotatable bonds is 6. The lowest BCUT2D eigenvalue weighted by Crippen LogP contribution is -2.21. The molecule has 1 amide bonds. The molecule has 0 aliphatic heterocycles. The molecule has 1 atom stereocenters. The number of amides is 1. The summed E-state index contributed by atoms with van der Waals surface area (Å²) in [6.07, 6.45) is 3.15. The number of nitrogens with zero attached hydrogens (tertiary/aromatic N) is 1. The summed E-state index contributed by atoms with van der Waals surface area (Å²) in [5, 5.41) is 2.93. The molecule has 152 valence electrons. The summed E-state index contributed by atoms with van der Waals surface area (Å²) in [5.74, 6) is -0.109. The van der Waals surface area contributed by atoms with E-state index < -0.39 is 0 Å². The molecule has 0 bridgehead atoms. The number of carbonyl (C=O) groups excluding carboxylic acids is 2. The Bertz CT molecular complexity index is 918. The molecule has 5 N–H and O–H groups in total. The Morgan fingerprint density at radius 1 is 1.14 bits per heavy atom. The summed E-state index contributed by atoms with van der Waals surface area (Å²) in [6, 6.07) is 12.7. The van der Waals surface area contributed by atoms with Crippen LogP contribution in [0.2, 0.25) is 0 Å². The van der Waals surface area contributed by atoms with Gasteiger partial charge in [0.2, 0.25) is 0 Å². The van der Waals surface area contributed by atoms with Crippen LogP contribution in [-0.2, 0) is 22.4 Å². The lowest BCUT2D eigenvalue weighted by molar-refractivity contribution is -0.144. The normalized spacial score (nSPS) is 15.1. The van der Waals surface area contributed by atoms with Crippen LogP contribution < -0.4 is 16.8 Å². The first kappa shape index (κ1) is 20.4. The van der Waals surface area contributed by atoms with E-state index >= 15 is 0 Å². The Kier molecular flexibility index (Phi) is 6.49. The highest BCUT2D eigenvalue weighted by Crippen LogP contribution is 2.30. The van der Waals surface area contributed by atoms with Crippen LogP contribution in [0.1, 0.15) is 41.3 Å². The number of carbonyl (C=O) groups is 2. The number of hydrogen-bond acceptors (Lipinski definition) is 4. The first-order chi connectivity index (χ1) is 13.9. The number of nitrogens with one attached hydrogen (secondary N) is 1. The second-order valence-corrected chi connectivity index (χ2v) is 7.14. The Morgan fingerprint density at radius 3 is 2.59 bits per heavy atom. The number of aryl methyl sites for hydroxylation is 1. The van der Waals surface area contributed by atoms with Crippen molar-refractivity contribution in [2.24, 2.45) is 22.4 Å². The highest BCUT2D eigenvalue weighted by molar-refractivity contribution is 6.04. The Hall–Kier alpha value is -3.35. The summed E-state index contributed by atoms with van der Waals surface area (Å²) in [7, 11) is 0. The number of anilines is 1. The van der Waals surface area contributed by atoms with E-state index in [4.69, 9.17) is 16.2 Å². The zero-order chi connectivity index (χ0) is 20.8. The molecule has 1 aliphatic rings. The highest BCUT2D eigenvalue weighted by atomic mass is 16.5. The number of nitrogens with two attached hydrogens (primary N) is 2. The number of aliphatic imine (C=N–C) groups is 1. The number of benzene rings is 2. The summed E-state index contributed by atoms with van der Waals surface area (Å²) in [6.45, 7) is 2.22. The molecule has 1 aliphatic carbocycles. The van der Waals surface area contributed by atoms with Crippen molar-refractivity contribution in [3.8, 4) is 0 Å². The molecule has 7 heteroatoms. The number of fused-ring (bicyclic) bond motifs is 1. The molecule has 0 spiro atoms. The minimum atomic E-state index is -0.208. The first-order valence-corrected chi connectivity index (χ1v) is 9.73. The fourth-order valence-electron chi connectivity index (χ4n) is 3.58. The van der Waals surface area contributed by atoms with Gasteiger partial charge in [-0.05, 0) is 79.6 Å². The third-order valence-electron chi connectivity index (χ3n) is 4.94.